The van der Waals surface area contributed by atoms with Crippen LogP contribution in [-0.2, 0) is 4.74 Å². The van der Waals surface area contributed by atoms with Gasteiger partial charge in [-0.25, -0.2) is 0 Å². The van der Waals surface area contributed by atoms with Gasteiger partial charge in [-0.05, 0) is 48.0 Å². The van der Waals surface area contributed by atoms with E-state index in [1.54, 1.807) is 24.1 Å². The van der Waals surface area contributed by atoms with E-state index >= 15 is 0 Å². The van der Waals surface area contributed by atoms with Crippen LogP contribution in [0.15, 0.2) is 22.7 Å². The normalized spacial score (nSPS) is 10.7. The molecule has 0 unspecified atom stereocenters. The van der Waals surface area contributed by atoms with Crippen molar-refractivity contribution in [2.75, 3.05) is 20.3 Å². The maximum atomic E-state index is 12.3. The van der Waals surface area contributed by atoms with Crippen LogP contribution in [0.25, 0.3) is 0 Å². The largest absolute Gasteiger partial charge is 0.507 e. The van der Waals surface area contributed by atoms with Crippen molar-refractivity contribution in [3.8, 4) is 5.75 Å². The molecule has 0 aromatic heterocycles. The molecule has 1 amide bonds. The minimum absolute atomic E-state index is 0.0660. The molecule has 0 bridgehead atoms. The first-order valence-electron chi connectivity index (χ1n) is 5.75. The zero-order valence-corrected chi connectivity index (χ0v) is 12.4. The third kappa shape index (κ3) is 3.71. The molecule has 0 saturated heterocycles. The van der Waals surface area contributed by atoms with Crippen molar-refractivity contribution in [3.05, 3.63) is 28.2 Å². The molecule has 5 heteroatoms. The third-order valence-corrected chi connectivity index (χ3v) is 3.28. The van der Waals surface area contributed by atoms with Crippen molar-refractivity contribution in [2.45, 2.75) is 19.9 Å². The van der Waals surface area contributed by atoms with Crippen LogP contribution in [0.1, 0.15) is 24.2 Å². The number of amides is 1. The monoisotopic (exact) mass is 315 g/mol. The van der Waals surface area contributed by atoms with Crippen molar-refractivity contribution < 1.29 is 14.6 Å². The molecule has 1 aromatic carbocycles. The maximum Gasteiger partial charge on any atom is 0.254 e. The molecule has 0 spiro atoms. The van der Waals surface area contributed by atoms with Crippen molar-refractivity contribution in [2.24, 2.45) is 0 Å². The van der Waals surface area contributed by atoms with Crippen LogP contribution in [-0.4, -0.2) is 42.2 Å². The van der Waals surface area contributed by atoms with Gasteiger partial charge in [-0.2, -0.15) is 0 Å². The van der Waals surface area contributed by atoms with Gasteiger partial charge >= 0.3 is 0 Å². The van der Waals surface area contributed by atoms with Gasteiger partial charge < -0.3 is 14.7 Å². The topological polar surface area (TPSA) is 49.8 Å². The molecule has 0 aliphatic rings. The second-order valence-corrected chi connectivity index (χ2v) is 5.11. The number of carbonyl (C=O) groups is 1. The van der Waals surface area contributed by atoms with Gasteiger partial charge in [0, 0.05) is 25.3 Å². The van der Waals surface area contributed by atoms with Gasteiger partial charge in [-0.15, -0.1) is 0 Å². The minimum atomic E-state index is -0.107. The number of nitrogens with zero attached hydrogens (tertiary/aromatic N) is 1. The molecule has 0 heterocycles. The molecule has 0 radical (unpaired) electrons. The van der Waals surface area contributed by atoms with E-state index in [4.69, 9.17) is 4.74 Å². The van der Waals surface area contributed by atoms with E-state index in [1.807, 2.05) is 13.8 Å². The average molecular weight is 316 g/mol. The Kier molecular flexibility index (Phi) is 5.62. The van der Waals surface area contributed by atoms with Crippen LogP contribution < -0.4 is 0 Å². The number of methoxy groups -OCH3 is 1. The molecule has 1 N–H and O–H groups in total. The standard InChI is InChI=1S/C13H18BrNO3/c1-9(2)15(6-7-18-3)13(17)10-4-5-11(14)12(16)8-10/h4-5,8-9,16H,6-7H2,1-3H3. The van der Waals surface area contributed by atoms with Crippen LogP contribution in [0.2, 0.25) is 0 Å². The van der Waals surface area contributed by atoms with Crippen molar-refractivity contribution >= 4 is 21.8 Å². The number of rotatable bonds is 5. The molecule has 0 aliphatic carbocycles. The van der Waals surface area contributed by atoms with Crippen LogP contribution in [0.3, 0.4) is 0 Å². The number of aromatic hydroxyl groups is 1. The van der Waals surface area contributed by atoms with E-state index < -0.39 is 0 Å². The lowest BCUT2D eigenvalue weighted by Gasteiger charge is -2.26. The molecule has 0 saturated carbocycles. The summed E-state index contributed by atoms with van der Waals surface area (Å²) in [6.07, 6.45) is 0. The molecule has 100 valence electrons. The van der Waals surface area contributed by atoms with Crippen molar-refractivity contribution in [3.63, 3.8) is 0 Å². The first-order chi connectivity index (χ1) is 8.47. The Bertz CT molecular complexity index is 421. The predicted molar refractivity (Wildman–Crippen MR) is 73.9 cm³/mol. The van der Waals surface area contributed by atoms with Crippen LogP contribution in [0, 0.1) is 0 Å². The van der Waals surface area contributed by atoms with E-state index in [0.717, 1.165) is 0 Å². The van der Waals surface area contributed by atoms with E-state index in [2.05, 4.69) is 15.9 Å². The Morgan fingerprint density at radius 2 is 2.17 bits per heavy atom. The van der Waals surface area contributed by atoms with Gasteiger partial charge in [0.05, 0.1) is 11.1 Å². The zero-order valence-electron chi connectivity index (χ0n) is 10.8. The Morgan fingerprint density at radius 3 is 2.67 bits per heavy atom. The number of halogens is 1. The highest BCUT2D eigenvalue weighted by atomic mass is 79.9. The summed E-state index contributed by atoms with van der Waals surface area (Å²) in [5.41, 5.74) is 0.473. The zero-order chi connectivity index (χ0) is 13.7. The number of phenolic OH excluding ortho intramolecular Hbond substituents is 1. The highest BCUT2D eigenvalue weighted by Gasteiger charge is 2.19. The Balaban J connectivity index is 2.91. The summed E-state index contributed by atoms with van der Waals surface area (Å²) in [5.74, 6) is -0.0406. The highest BCUT2D eigenvalue weighted by molar-refractivity contribution is 9.10. The van der Waals surface area contributed by atoms with Gasteiger partial charge in [0.1, 0.15) is 5.75 Å². The average Bonchev–Trinajstić information content (AvgIpc) is 2.32. The van der Waals surface area contributed by atoms with Crippen LogP contribution in [0.5, 0.6) is 5.75 Å². The molecule has 0 aliphatic heterocycles. The number of carbonyl (C=O) groups excluding carboxylic acids is 1. The fourth-order valence-electron chi connectivity index (χ4n) is 1.60. The lowest BCUT2D eigenvalue weighted by atomic mass is 10.1. The quantitative estimate of drug-likeness (QED) is 0.908. The summed E-state index contributed by atoms with van der Waals surface area (Å²) in [6.45, 7) is 4.93. The van der Waals surface area contributed by atoms with Gasteiger partial charge in [0.25, 0.3) is 5.91 Å². The van der Waals surface area contributed by atoms with Crippen LogP contribution in [0.4, 0.5) is 0 Å². The van der Waals surface area contributed by atoms with Gasteiger partial charge in [0.2, 0.25) is 0 Å². The highest BCUT2D eigenvalue weighted by Crippen LogP contribution is 2.25. The molecule has 1 aromatic rings. The number of benzene rings is 1. The van der Waals surface area contributed by atoms with E-state index in [-0.39, 0.29) is 17.7 Å². The first-order valence-corrected chi connectivity index (χ1v) is 6.55. The van der Waals surface area contributed by atoms with Crippen molar-refractivity contribution in [1.29, 1.82) is 0 Å². The molecule has 1 rings (SSSR count). The summed E-state index contributed by atoms with van der Waals surface area (Å²) < 4.78 is 5.58. The Hall–Kier alpha value is -1.07. The van der Waals surface area contributed by atoms with E-state index in [0.29, 0.717) is 23.2 Å². The predicted octanol–water partition coefficient (Wildman–Crippen LogP) is 2.65. The Labute approximate surface area is 116 Å². The molecule has 4 nitrogen and oxygen atoms in total. The molecule has 18 heavy (non-hydrogen) atoms. The van der Waals surface area contributed by atoms with Gasteiger partial charge in [-0.3, -0.25) is 4.79 Å². The smallest absolute Gasteiger partial charge is 0.254 e. The first kappa shape index (κ1) is 15.0. The summed E-state index contributed by atoms with van der Waals surface area (Å²) >= 11 is 3.19. The summed E-state index contributed by atoms with van der Waals surface area (Å²) in [7, 11) is 1.61. The minimum Gasteiger partial charge on any atom is -0.507 e. The second-order valence-electron chi connectivity index (χ2n) is 4.25. The van der Waals surface area contributed by atoms with Crippen LogP contribution >= 0.6 is 15.9 Å². The number of hydrogen-bond donors (Lipinski definition) is 1. The number of ether oxygens (including phenoxy) is 1. The molecular weight excluding hydrogens is 298 g/mol. The number of hydrogen-bond acceptors (Lipinski definition) is 3. The van der Waals surface area contributed by atoms with Gasteiger partial charge in [0.15, 0.2) is 0 Å². The van der Waals surface area contributed by atoms with Gasteiger partial charge in [-0.1, -0.05) is 0 Å². The fourth-order valence-corrected chi connectivity index (χ4v) is 1.84. The lowest BCUT2D eigenvalue weighted by Crippen LogP contribution is -2.39. The Morgan fingerprint density at radius 1 is 1.50 bits per heavy atom. The lowest BCUT2D eigenvalue weighted by molar-refractivity contribution is 0.0634. The molecule has 0 atom stereocenters. The fraction of sp³-hybridized carbons (Fsp3) is 0.462. The summed E-state index contributed by atoms with van der Waals surface area (Å²) in [5, 5.41) is 9.60. The third-order valence-electron chi connectivity index (χ3n) is 2.61. The SMILES string of the molecule is COCCN(C(=O)c1ccc(Br)c(O)c1)C(C)C. The number of phenols is 1. The van der Waals surface area contributed by atoms with E-state index in [9.17, 15) is 9.90 Å². The maximum absolute atomic E-state index is 12.3. The van der Waals surface area contributed by atoms with Crippen molar-refractivity contribution in [1.82, 2.24) is 4.90 Å². The second kappa shape index (κ2) is 6.75. The summed E-state index contributed by atoms with van der Waals surface area (Å²) in [6, 6.07) is 4.90. The summed E-state index contributed by atoms with van der Waals surface area (Å²) in [4.78, 5) is 14.0. The van der Waals surface area contributed by atoms with E-state index in [1.165, 1.54) is 6.07 Å². The molecule has 0 fully saturated rings. The molecular formula is C13H18BrNO3.